The van der Waals surface area contributed by atoms with Gasteiger partial charge in [-0.1, -0.05) is 28.6 Å². The largest absolute Gasteiger partial charge is 0.417 e. The summed E-state index contributed by atoms with van der Waals surface area (Å²) in [5.41, 5.74) is 5.49. The highest BCUT2D eigenvalue weighted by atomic mass is 79.9. The van der Waals surface area contributed by atoms with E-state index in [1.165, 1.54) is 6.07 Å². The summed E-state index contributed by atoms with van der Waals surface area (Å²) in [5.74, 6) is 0. The van der Waals surface area contributed by atoms with Crippen molar-refractivity contribution in [3.05, 3.63) is 40.4 Å². The van der Waals surface area contributed by atoms with Crippen molar-refractivity contribution in [2.75, 3.05) is 6.54 Å². The Kier molecular flexibility index (Phi) is 3.57. The zero-order valence-electron chi connectivity index (χ0n) is 7.74. The Morgan fingerprint density at radius 2 is 2.00 bits per heavy atom. The second kappa shape index (κ2) is 4.37. The van der Waals surface area contributed by atoms with Crippen LogP contribution in [-0.4, -0.2) is 6.54 Å². The van der Waals surface area contributed by atoms with Gasteiger partial charge in [0, 0.05) is 11.0 Å². The molecule has 1 aromatic rings. The van der Waals surface area contributed by atoms with Crippen LogP contribution >= 0.6 is 15.9 Å². The van der Waals surface area contributed by atoms with Crippen LogP contribution in [0, 0.1) is 0 Å². The number of halogens is 4. The summed E-state index contributed by atoms with van der Waals surface area (Å²) in [6.07, 6.45) is -4.37. The van der Waals surface area contributed by atoms with E-state index in [4.69, 9.17) is 5.73 Å². The molecule has 0 heterocycles. The van der Waals surface area contributed by atoms with Crippen LogP contribution in [0.15, 0.2) is 29.3 Å². The van der Waals surface area contributed by atoms with Gasteiger partial charge in [0.1, 0.15) is 0 Å². The third-order valence-electron chi connectivity index (χ3n) is 1.93. The van der Waals surface area contributed by atoms with Gasteiger partial charge in [0.05, 0.1) is 5.56 Å². The Morgan fingerprint density at radius 3 is 2.47 bits per heavy atom. The van der Waals surface area contributed by atoms with E-state index in [1.807, 2.05) is 0 Å². The molecule has 0 saturated heterocycles. The van der Waals surface area contributed by atoms with Crippen molar-refractivity contribution in [2.45, 2.75) is 6.18 Å². The standard InChI is InChI=1S/C10H9BrF3N/c1-6(5-15)7-2-3-9(11)8(4-7)10(12,13)14/h2-4H,1,5,15H2. The summed E-state index contributed by atoms with van der Waals surface area (Å²) in [6, 6.07) is 3.94. The maximum Gasteiger partial charge on any atom is 0.417 e. The summed E-state index contributed by atoms with van der Waals surface area (Å²) < 4.78 is 37.5. The maximum absolute atomic E-state index is 12.5. The fraction of sp³-hybridized carbons (Fsp3) is 0.200. The van der Waals surface area contributed by atoms with Gasteiger partial charge >= 0.3 is 6.18 Å². The molecule has 0 saturated carbocycles. The molecule has 1 aromatic carbocycles. The lowest BCUT2D eigenvalue weighted by Crippen LogP contribution is -2.08. The van der Waals surface area contributed by atoms with Gasteiger partial charge < -0.3 is 5.73 Å². The molecule has 0 atom stereocenters. The minimum Gasteiger partial charge on any atom is -0.326 e. The number of alkyl halides is 3. The highest BCUT2D eigenvalue weighted by Crippen LogP contribution is 2.36. The molecule has 0 aliphatic rings. The van der Waals surface area contributed by atoms with E-state index in [-0.39, 0.29) is 11.0 Å². The van der Waals surface area contributed by atoms with Gasteiger partial charge in [0.25, 0.3) is 0 Å². The van der Waals surface area contributed by atoms with Crippen molar-refractivity contribution >= 4 is 21.5 Å². The lowest BCUT2D eigenvalue weighted by atomic mass is 10.0. The van der Waals surface area contributed by atoms with Gasteiger partial charge in [-0.15, -0.1) is 0 Å². The minimum absolute atomic E-state index is 0.0172. The van der Waals surface area contributed by atoms with E-state index in [2.05, 4.69) is 22.5 Å². The highest BCUT2D eigenvalue weighted by Gasteiger charge is 2.33. The van der Waals surface area contributed by atoms with E-state index in [0.29, 0.717) is 11.1 Å². The third-order valence-corrected chi connectivity index (χ3v) is 2.62. The number of hydrogen-bond acceptors (Lipinski definition) is 1. The van der Waals surface area contributed by atoms with Crippen molar-refractivity contribution in [3.8, 4) is 0 Å². The normalized spacial score (nSPS) is 11.5. The van der Waals surface area contributed by atoms with Crippen LogP contribution in [0.4, 0.5) is 13.2 Å². The molecule has 15 heavy (non-hydrogen) atoms. The number of nitrogens with two attached hydrogens (primary N) is 1. The van der Waals surface area contributed by atoms with Gasteiger partial charge in [0.15, 0.2) is 0 Å². The van der Waals surface area contributed by atoms with Crippen molar-refractivity contribution in [3.63, 3.8) is 0 Å². The van der Waals surface area contributed by atoms with Crippen molar-refractivity contribution < 1.29 is 13.2 Å². The molecule has 0 aromatic heterocycles. The number of benzene rings is 1. The second-order valence-electron chi connectivity index (χ2n) is 3.00. The third kappa shape index (κ3) is 2.82. The van der Waals surface area contributed by atoms with Crippen LogP contribution in [0.5, 0.6) is 0 Å². The summed E-state index contributed by atoms with van der Waals surface area (Å²) in [4.78, 5) is 0. The first-order chi connectivity index (χ1) is 6.86. The van der Waals surface area contributed by atoms with E-state index >= 15 is 0 Å². The molecule has 0 unspecified atom stereocenters. The highest BCUT2D eigenvalue weighted by molar-refractivity contribution is 9.10. The van der Waals surface area contributed by atoms with Crippen LogP contribution in [0.3, 0.4) is 0 Å². The Hall–Kier alpha value is -0.810. The minimum atomic E-state index is -4.37. The monoisotopic (exact) mass is 279 g/mol. The van der Waals surface area contributed by atoms with E-state index in [9.17, 15) is 13.2 Å². The Bertz CT molecular complexity index is 385. The van der Waals surface area contributed by atoms with Crippen LogP contribution in [0.1, 0.15) is 11.1 Å². The molecule has 0 radical (unpaired) electrons. The Labute approximate surface area is 93.9 Å². The first kappa shape index (κ1) is 12.3. The van der Waals surface area contributed by atoms with Gasteiger partial charge in [-0.05, 0) is 23.3 Å². The van der Waals surface area contributed by atoms with Gasteiger partial charge in [-0.3, -0.25) is 0 Å². The first-order valence-corrected chi connectivity index (χ1v) is 4.90. The Balaban J connectivity index is 3.23. The van der Waals surface area contributed by atoms with Crippen LogP contribution in [0.25, 0.3) is 5.57 Å². The fourth-order valence-corrected chi connectivity index (χ4v) is 1.55. The molecule has 0 bridgehead atoms. The zero-order valence-corrected chi connectivity index (χ0v) is 9.32. The average Bonchev–Trinajstić information content (AvgIpc) is 2.15. The molecule has 0 spiro atoms. The van der Waals surface area contributed by atoms with Crippen LogP contribution in [-0.2, 0) is 6.18 Å². The van der Waals surface area contributed by atoms with Gasteiger partial charge in [0.2, 0.25) is 0 Å². The maximum atomic E-state index is 12.5. The predicted octanol–water partition coefficient (Wildman–Crippen LogP) is 3.44. The first-order valence-electron chi connectivity index (χ1n) is 4.11. The fourth-order valence-electron chi connectivity index (χ4n) is 1.08. The smallest absolute Gasteiger partial charge is 0.326 e. The van der Waals surface area contributed by atoms with Crippen LogP contribution < -0.4 is 5.73 Å². The Morgan fingerprint density at radius 1 is 1.40 bits per heavy atom. The van der Waals surface area contributed by atoms with Crippen molar-refractivity contribution in [1.29, 1.82) is 0 Å². The molecule has 0 aliphatic heterocycles. The molecule has 2 N–H and O–H groups in total. The topological polar surface area (TPSA) is 26.0 Å². The number of rotatable bonds is 2. The molecular formula is C10H9BrF3N. The van der Waals surface area contributed by atoms with Gasteiger partial charge in [-0.2, -0.15) is 13.2 Å². The molecule has 0 amide bonds. The quantitative estimate of drug-likeness (QED) is 0.882. The molecule has 5 heteroatoms. The molecular weight excluding hydrogens is 271 g/mol. The lowest BCUT2D eigenvalue weighted by molar-refractivity contribution is -0.138. The number of hydrogen-bond donors (Lipinski definition) is 1. The molecule has 1 rings (SSSR count). The van der Waals surface area contributed by atoms with E-state index < -0.39 is 11.7 Å². The van der Waals surface area contributed by atoms with Crippen molar-refractivity contribution in [1.82, 2.24) is 0 Å². The summed E-state index contributed by atoms with van der Waals surface area (Å²) in [6.45, 7) is 3.73. The molecule has 0 aliphatic carbocycles. The summed E-state index contributed by atoms with van der Waals surface area (Å²) in [5, 5.41) is 0. The molecule has 82 valence electrons. The zero-order chi connectivity index (χ0) is 11.6. The SMILES string of the molecule is C=C(CN)c1ccc(Br)c(C(F)(F)F)c1. The lowest BCUT2D eigenvalue weighted by Gasteiger charge is -2.11. The van der Waals surface area contributed by atoms with E-state index in [1.54, 1.807) is 6.07 Å². The van der Waals surface area contributed by atoms with E-state index in [0.717, 1.165) is 6.07 Å². The van der Waals surface area contributed by atoms with Gasteiger partial charge in [-0.25, -0.2) is 0 Å². The second-order valence-corrected chi connectivity index (χ2v) is 3.85. The predicted molar refractivity (Wildman–Crippen MR) is 57.2 cm³/mol. The van der Waals surface area contributed by atoms with Crippen molar-refractivity contribution in [2.24, 2.45) is 5.73 Å². The molecule has 0 fully saturated rings. The molecule has 1 nitrogen and oxygen atoms in total. The summed E-state index contributed by atoms with van der Waals surface area (Å²) in [7, 11) is 0. The van der Waals surface area contributed by atoms with Crippen LogP contribution in [0.2, 0.25) is 0 Å². The average molecular weight is 280 g/mol. The summed E-state index contributed by atoms with van der Waals surface area (Å²) >= 11 is 2.86.